The molecule has 0 atom stereocenters. The van der Waals surface area contributed by atoms with E-state index >= 15 is 0 Å². The van der Waals surface area contributed by atoms with E-state index in [1.165, 1.54) is 147 Å². The number of hydrogen-bond donors (Lipinski definition) is 0. The van der Waals surface area contributed by atoms with Crippen molar-refractivity contribution >= 4 is 0 Å². The fourth-order valence-electron chi connectivity index (χ4n) is 7.16. The first kappa shape index (κ1) is 26.3. The van der Waals surface area contributed by atoms with Crippen LogP contribution in [0.2, 0.25) is 0 Å². The Morgan fingerprint density at radius 1 is 0.636 bits per heavy atom. The summed E-state index contributed by atoms with van der Waals surface area (Å²) in [5.41, 5.74) is 3.37. The van der Waals surface area contributed by atoms with Crippen molar-refractivity contribution in [1.82, 2.24) is 0 Å². The lowest BCUT2D eigenvalue weighted by molar-refractivity contribution is 0.143. The smallest absolute Gasteiger partial charge is 0.0991 e. The maximum Gasteiger partial charge on any atom is 0.0991 e. The van der Waals surface area contributed by atoms with Gasteiger partial charge in [-0.15, -0.1) is 0 Å². The zero-order valence-electron chi connectivity index (χ0n) is 21.8. The molecule has 0 aromatic heterocycles. The predicted molar refractivity (Wildman–Crippen MR) is 143 cm³/mol. The minimum Gasteiger partial charge on any atom is -0.192 e. The lowest BCUT2D eigenvalue weighted by Gasteiger charge is -2.40. The topological polar surface area (TPSA) is 23.8 Å². The van der Waals surface area contributed by atoms with Crippen molar-refractivity contribution < 1.29 is 0 Å². The highest BCUT2D eigenvalue weighted by molar-refractivity contribution is 5.35. The molecule has 1 aromatic carbocycles. The number of hydrogen-bond acceptors (Lipinski definition) is 1. The number of benzene rings is 1. The lowest BCUT2D eigenvalue weighted by Crippen LogP contribution is -2.29. The number of nitrogens with zero attached hydrogens (tertiary/aromatic N) is 1. The Morgan fingerprint density at radius 2 is 1.15 bits per heavy atom. The average Bonchev–Trinajstić information content (AvgIpc) is 2.87. The van der Waals surface area contributed by atoms with Gasteiger partial charge in [0.25, 0.3) is 0 Å². The highest BCUT2D eigenvalue weighted by Crippen LogP contribution is 2.47. The summed E-state index contributed by atoms with van der Waals surface area (Å²) in [5, 5.41) is 9.20. The van der Waals surface area contributed by atoms with Gasteiger partial charge in [-0.05, 0) is 73.5 Å². The molecule has 2 saturated carbocycles. The Bertz CT molecular complexity index is 682. The second-order valence-corrected chi connectivity index (χ2v) is 11.7. The molecule has 3 rings (SSSR count). The van der Waals surface area contributed by atoms with E-state index in [4.69, 9.17) is 0 Å². The standard InChI is InChI=1S/C32H51N/c1-2-3-4-5-6-7-10-21-31(22-11-8-12-23-31)24-15-16-27-32(25-13-9-14-26-32)30-19-17-29(28-33)18-20-30/h17-20H,2-16,21-27H2,1H3. The summed E-state index contributed by atoms with van der Waals surface area (Å²) in [6.45, 7) is 2.31. The number of nitriles is 1. The van der Waals surface area contributed by atoms with Gasteiger partial charge in [0.1, 0.15) is 0 Å². The van der Waals surface area contributed by atoms with Crippen molar-refractivity contribution in [3.63, 3.8) is 0 Å². The van der Waals surface area contributed by atoms with Crippen molar-refractivity contribution in [2.24, 2.45) is 5.41 Å². The van der Waals surface area contributed by atoms with Crippen LogP contribution in [0.15, 0.2) is 24.3 Å². The third-order valence-electron chi connectivity index (χ3n) is 9.27. The molecule has 0 unspecified atom stereocenters. The Morgan fingerprint density at radius 3 is 1.76 bits per heavy atom. The summed E-state index contributed by atoms with van der Waals surface area (Å²) < 4.78 is 0. The minimum atomic E-state index is 0.379. The number of rotatable bonds is 14. The quantitative estimate of drug-likeness (QED) is 0.259. The molecule has 0 N–H and O–H groups in total. The van der Waals surface area contributed by atoms with E-state index in [-0.39, 0.29) is 0 Å². The van der Waals surface area contributed by atoms with Gasteiger partial charge < -0.3 is 0 Å². The van der Waals surface area contributed by atoms with E-state index in [1.54, 1.807) is 0 Å². The average molecular weight is 450 g/mol. The third-order valence-corrected chi connectivity index (χ3v) is 9.27. The predicted octanol–water partition coefficient (Wildman–Crippen LogP) is 10.4. The van der Waals surface area contributed by atoms with E-state index in [9.17, 15) is 5.26 Å². The molecule has 2 aliphatic rings. The van der Waals surface area contributed by atoms with Gasteiger partial charge in [0.15, 0.2) is 0 Å². The summed E-state index contributed by atoms with van der Waals surface area (Å²) in [7, 11) is 0. The van der Waals surface area contributed by atoms with Gasteiger partial charge in [0, 0.05) is 0 Å². The van der Waals surface area contributed by atoms with Crippen LogP contribution in [0.1, 0.15) is 159 Å². The molecule has 0 spiro atoms. The Labute approximate surface area is 205 Å². The van der Waals surface area contributed by atoms with Crippen LogP contribution in [0.25, 0.3) is 0 Å². The summed E-state index contributed by atoms with van der Waals surface area (Å²) in [4.78, 5) is 0. The van der Waals surface area contributed by atoms with Crippen LogP contribution < -0.4 is 0 Å². The third kappa shape index (κ3) is 8.16. The maximum atomic E-state index is 9.20. The van der Waals surface area contributed by atoms with E-state index < -0.39 is 0 Å². The van der Waals surface area contributed by atoms with Crippen molar-refractivity contribution in [1.29, 1.82) is 5.26 Å². The molecule has 2 fully saturated rings. The first-order chi connectivity index (χ1) is 16.2. The van der Waals surface area contributed by atoms with Crippen molar-refractivity contribution in [2.75, 3.05) is 0 Å². The normalized spacial score (nSPS) is 19.8. The monoisotopic (exact) mass is 449 g/mol. The van der Waals surface area contributed by atoms with Crippen LogP contribution in [-0.4, -0.2) is 0 Å². The molecular formula is C32H51N. The van der Waals surface area contributed by atoms with Crippen LogP contribution in [0, 0.1) is 16.7 Å². The Hall–Kier alpha value is -1.29. The molecule has 33 heavy (non-hydrogen) atoms. The highest BCUT2D eigenvalue weighted by atomic mass is 14.4. The van der Waals surface area contributed by atoms with Crippen LogP contribution in [0.4, 0.5) is 0 Å². The Balaban J connectivity index is 1.49. The molecule has 0 saturated heterocycles. The van der Waals surface area contributed by atoms with Gasteiger partial charge >= 0.3 is 0 Å². The van der Waals surface area contributed by atoms with E-state index in [2.05, 4.69) is 25.1 Å². The molecule has 1 aromatic rings. The molecule has 2 aliphatic carbocycles. The maximum absolute atomic E-state index is 9.20. The van der Waals surface area contributed by atoms with Gasteiger partial charge in [0.05, 0.1) is 11.6 Å². The largest absolute Gasteiger partial charge is 0.192 e. The Kier molecular flexibility index (Phi) is 11.3. The molecule has 0 aliphatic heterocycles. The summed E-state index contributed by atoms with van der Waals surface area (Å²) in [6.07, 6.45) is 31.5. The van der Waals surface area contributed by atoms with Crippen LogP contribution in [-0.2, 0) is 5.41 Å². The summed E-state index contributed by atoms with van der Waals surface area (Å²) in [5.74, 6) is 0. The van der Waals surface area contributed by atoms with Gasteiger partial charge in [0.2, 0.25) is 0 Å². The molecule has 0 heterocycles. The van der Waals surface area contributed by atoms with Gasteiger partial charge in [-0.2, -0.15) is 5.26 Å². The SMILES string of the molecule is CCCCCCCCCC1(CCCCC2(c3ccc(C#N)cc3)CCCCC2)CCCCC1. The molecular weight excluding hydrogens is 398 g/mol. The second-order valence-electron chi connectivity index (χ2n) is 11.7. The highest BCUT2D eigenvalue weighted by Gasteiger charge is 2.34. The van der Waals surface area contributed by atoms with Gasteiger partial charge in [-0.25, -0.2) is 0 Å². The zero-order chi connectivity index (χ0) is 23.2. The zero-order valence-corrected chi connectivity index (χ0v) is 21.8. The summed E-state index contributed by atoms with van der Waals surface area (Å²) >= 11 is 0. The van der Waals surface area contributed by atoms with Gasteiger partial charge in [-0.1, -0.05) is 115 Å². The molecule has 1 nitrogen and oxygen atoms in total. The van der Waals surface area contributed by atoms with Crippen molar-refractivity contribution in [2.45, 2.75) is 154 Å². The molecule has 0 radical (unpaired) electrons. The van der Waals surface area contributed by atoms with Crippen LogP contribution >= 0.6 is 0 Å². The van der Waals surface area contributed by atoms with Crippen LogP contribution in [0.5, 0.6) is 0 Å². The molecule has 1 heteroatoms. The first-order valence-corrected chi connectivity index (χ1v) is 14.7. The van der Waals surface area contributed by atoms with Crippen LogP contribution in [0.3, 0.4) is 0 Å². The number of unbranched alkanes of at least 4 members (excludes halogenated alkanes) is 7. The van der Waals surface area contributed by atoms with E-state index in [0.717, 1.165) is 5.56 Å². The lowest BCUT2D eigenvalue weighted by atomic mass is 9.65. The molecule has 184 valence electrons. The first-order valence-electron chi connectivity index (χ1n) is 14.7. The summed E-state index contributed by atoms with van der Waals surface area (Å²) in [6, 6.07) is 10.9. The minimum absolute atomic E-state index is 0.379. The fraction of sp³-hybridized carbons (Fsp3) is 0.781. The van der Waals surface area contributed by atoms with Gasteiger partial charge in [-0.3, -0.25) is 0 Å². The van der Waals surface area contributed by atoms with E-state index in [0.29, 0.717) is 10.8 Å². The van der Waals surface area contributed by atoms with Crippen molar-refractivity contribution in [3.8, 4) is 6.07 Å². The molecule has 0 amide bonds. The molecule has 0 bridgehead atoms. The second kappa shape index (κ2) is 14.2. The van der Waals surface area contributed by atoms with E-state index in [1.807, 2.05) is 12.1 Å². The van der Waals surface area contributed by atoms with Crippen molar-refractivity contribution in [3.05, 3.63) is 35.4 Å². The fourth-order valence-corrected chi connectivity index (χ4v) is 7.16.